The molecule has 37 heavy (non-hydrogen) atoms. The van der Waals surface area contributed by atoms with E-state index in [-0.39, 0.29) is 12.4 Å². The minimum Gasteiger partial charge on any atom is -0.382 e. The second-order valence-electron chi connectivity index (χ2n) is 8.96. The number of benzene rings is 1. The maximum absolute atomic E-state index is 12.5. The summed E-state index contributed by atoms with van der Waals surface area (Å²) in [5.41, 5.74) is 10.9. The Labute approximate surface area is 213 Å². The summed E-state index contributed by atoms with van der Waals surface area (Å²) in [5.74, 6) is 2.32. The van der Waals surface area contributed by atoms with Gasteiger partial charge in [0.25, 0.3) is 0 Å². The van der Waals surface area contributed by atoms with E-state index in [1.165, 1.54) is 43.5 Å². The van der Waals surface area contributed by atoms with Gasteiger partial charge in [0, 0.05) is 35.6 Å². The van der Waals surface area contributed by atoms with Crippen molar-refractivity contribution in [1.82, 2.24) is 20.2 Å². The molecule has 0 spiro atoms. The summed E-state index contributed by atoms with van der Waals surface area (Å²) in [4.78, 5) is 16.5. The third-order valence-electron chi connectivity index (χ3n) is 6.24. The Kier molecular flexibility index (Phi) is 10.1. The van der Waals surface area contributed by atoms with Gasteiger partial charge in [-0.1, -0.05) is 31.7 Å². The third-order valence-corrected chi connectivity index (χ3v) is 6.24. The molecule has 0 aliphatic heterocycles. The van der Waals surface area contributed by atoms with Crippen LogP contribution in [-0.2, 0) is 11.0 Å². The minimum atomic E-state index is -4.26. The zero-order valence-corrected chi connectivity index (χ0v) is 20.5. The first-order valence-corrected chi connectivity index (χ1v) is 12.3. The molecule has 2 saturated carbocycles. The molecule has 7 N–H and O–H groups in total. The van der Waals surface area contributed by atoms with E-state index in [1.807, 2.05) is 6.07 Å². The number of aromatic amines is 1. The average molecular weight is 519 g/mol. The largest absolute Gasteiger partial charge is 0.416 e. The van der Waals surface area contributed by atoms with E-state index in [0.29, 0.717) is 23.5 Å². The molecule has 9 nitrogen and oxygen atoms in total. The van der Waals surface area contributed by atoms with Crippen LogP contribution in [0.15, 0.2) is 42.6 Å². The molecule has 2 fully saturated rings. The first-order chi connectivity index (χ1) is 17.8. The highest BCUT2D eigenvalue weighted by Gasteiger charge is 2.30. The summed E-state index contributed by atoms with van der Waals surface area (Å²) in [6, 6.07) is 9.56. The number of aromatic nitrogens is 4. The third kappa shape index (κ3) is 8.96. The number of H-pyrrole nitrogens is 1. The van der Waals surface area contributed by atoms with Gasteiger partial charge in [0.15, 0.2) is 5.82 Å². The van der Waals surface area contributed by atoms with Gasteiger partial charge in [-0.25, -0.2) is 4.98 Å². The molecule has 2 aromatic heterocycles. The van der Waals surface area contributed by atoms with Gasteiger partial charge in [0.2, 0.25) is 12.4 Å². The lowest BCUT2D eigenvalue weighted by atomic mass is 10.0. The maximum Gasteiger partial charge on any atom is 0.416 e. The number of hydrogen-bond acceptors (Lipinski definition) is 7. The number of nitrogens with one attached hydrogen (secondary N) is 3. The quantitative estimate of drug-likeness (QED) is 0.286. The van der Waals surface area contributed by atoms with Crippen molar-refractivity contribution in [3.63, 3.8) is 0 Å². The van der Waals surface area contributed by atoms with Crippen LogP contribution in [0.3, 0.4) is 0 Å². The second kappa shape index (κ2) is 13.5. The lowest BCUT2D eigenvalue weighted by molar-refractivity contribution is -0.137. The summed E-state index contributed by atoms with van der Waals surface area (Å²) in [6.07, 6.45) is 7.18. The van der Waals surface area contributed by atoms with E-state index in [9.17, 15) is 13.2 Å². The van der Waals surface area contributed by atoms with Crippen molar-refractivity contribution in [3.8, 4) is 0 Å². The number of alkyl halides is 3. The Hall–Kier alpha value is -3.83. The van der Waals surface area contributed by atoms with Gasteiger partial charge in [0.1, 0.15) is 5.82 Å². The smallest absolute Gasteiger partial charge is 0.382 e. The Morgan fingerprint density at radius 1 is 1.00 bits per heavy atom. The summed E-state index contributed by atoms with van der Waals surface area (Å²) in [6.45, 7) is 0. The Morgan fingerprint density at radius 3 is 2.32 bits per heavy atom. The highest BCUT2D eigenvalue weighted by molar-refractivity contribution is 5.52. The standard InChI is InChI=1S/C12H14F3N.C12H16N6.CH3NO/c13-12(14,15)9-4-3-7-11(8-9)16-10-5-1-2-6-10;13-12-14-6-5-10(16-12)15-11-7-9(17-18-11)8-3-1-2-4-8;2-1-3/h3-4,7-8,10,16H,1-2,5-6H2;5-8H,1-4H2,(H4,13,14,15,16,17,18);1H,(H2,2,3). The number of anilines is 4. The second-order valence-corrected chi connectivity index (χ2v) is 8.96. The van der Waals surface area contributed by atoms with Crippen LogP contribution in [0, 0.1) is 0 Å². The van der Waals surface area contributed by atoms with Crippen molar-refractivity contribution in [2.75, 3.05) is 16.4 Å². The number of nitrogens with zero attached hydrogens (tertiary/aromatic N) is 3. The number of carbonyl (C=O) groups is 1. The number of nitrogens with two attached hydrogens (primary N) is 2. The van der Waals surface area contributed by atoms with Crippen molar-refractivity contribution in [1.29, 1.82) is 0 Å². The van der Waals surface area contributed by atoms with Gasteiger partial charge in [-0.05, 0) is 49.9 Å². The molecular formula is C25H33F3N8O. The fraction of sp³-hybridized carbons (Fsp3) is 0.440. The highest BCUT2D eigenvalue weighted by Crippen LogP contribution is 2.34. The maximum atomic E-state index is 12.5. The number of amides is 1. The normalized spacial score (nSPS) is 15.8. The SMILES string of the molecule is FC(F)(F)c1cccc(NC2CCCC2)c1.NC=O.Nc1nccc(Nc2cc(C3CCCC3)[nH]n2)n1. The van der Waals surface area contributed by atoms with E-state index >= 15 is 0 Å². The lowest BCUT2D eigenvalue weighted by Gasteiger charge is -2.15. The number of primary amides is 1. The predicted octanol–water partition coefficient (Wildman–Crippen LogP) is 5.34. The topological polar surface area (TPSA) is 148 Å². The van der Waals surface area contributed by atoms with Crippen molar-refractivity contribution in [2.24, 2.45) is 5.73 Å². The first-order valence-electron chi connectivity index (χ1n) is 12.3. The first kappa shape index (κ1) is 27.8. The van der Waals surface area contributed by atoms with Gasteiger partial charge >= 0.3 is 6.18 Å². The van der Waals surface area contributed by atoms with Crippen LogP contribution in [0.4, 0.5) is 36.4 Å². The van der Waals surface area contributed by atoms with E-state index in [4.69, 9.17) is 10.5 Å². The van der Waals surface area contributed by atoms with Gasteiger partial charge in [-0.2, -0.15) is 23.3 Å². The van der Waals surface area contributed by atoms with Crippen LogP contribution in [0.2, 0.25) is 0 Å². The minimum absolute atomic E-state index is 0.250. The predicted molar refractivity (Wildman–Crippen MR) is 137 cm³/mol. The summed E-state index contributed by atoms with van der Waals surface area (Å²) in [5, 5.41) is 13.6. The van der Waals surface area contributed by atoms with Gasteiger partial charge < -0.3 is 22.1 Å². The summed E-state index contributed by atoms with van der Waals surface area (Å²) >= 11 is 0. The lowest BCUT2D eigenvalue weighted by Crippen LogP contribution is -2.15. The number of hydrogen-bond donors (Lipinski definition) is 5. The van der Waals surface area contributed by atoms with E-state index in [0.717, 1.165) is 37.6 Å². The molecule has 200 valence electrons. The van der Waals surface area contributed by atoms with Crippen LogP contribution < -0.4 is 22.1 Å². The zero-order chi connectivity index (χ0) is 26.7. The molecular weight excluding hydrogens is 485 g/mol. The molecule has 3 aromatic rings. The Morgan fingerprint density at radius 2 is 1.68 bits per heavy atom. The Balaban J connectivity index is 0.000000187. The fourth-order valence-corrected chi connectivity index (χ4v) is 4.51. The van der Waals surface area contributed by atoms with Crippen LogP contribution in [0.5, 0.6) is 0 Å². The molecule has 2 heterocycles. The molecule has 0 radical (unpaired) electrons. The number of rotatable bonds is 5. The fourth-order valence-electron chi connectivity index (χ4n) is 4.51. The Bertz CT molecular complexity index is 1110. The van der Waals surface area contributed by atoms with Crippen LogP contribution in [0.25, 0.3) is 0 Å². The summed E-state index contributed by atoms with van der Waals surface area (Å²) < 4.78 is 37.4. The van der Waals surface area contributed by atoms with Crippen molar-refractivity contribution < 1.29 is 18.0 Å². The molecule has 0 atom stereocenters. The molecule has 12 heteroatoms. The highest BCUT2D eigenvalue weighted by atomic mass is 19.4. The number of halogens is 3. The molecule has 0 unspecified atom stereocenters. The summed E-state index contributed by atoms with van der Waals surface area (Å²) in [7, 11) is 0. The van der Waals surface area contributed by atoms with Gasteiger partial charge in [-0.3, -0.25) is 9.89 Å². The van der Waals surface area contributed by atoms with E-state index in [2.05, 4.69) is 36.5 Å². The molecule has 2 aliphatic rings. The van der Waals surface area contributed by atoms with Crippen molar-refractivity contribution >= 4 is 29.7 Å². The zero-order valence-electron chi connectivity index (χ0n) is 20.5. The van der Waals surface area contributed by atoms with Crippen molar-refractivity contribution in [3.05, 3.63) is 53.9 Å². The van der Waals surface area contributed by atoms with Crippen LogP contribution in [-0.4, -0.2) is 32.6 Å². The average Bonchev–Trinajstić information content (AvgIpc) is 3.63. The van der Waals surface area contributed by atoms with Gasteiger partial charge in [0.05, 0.1) is 5.56 Å². The number of nitrogen functional groups attached to an aromatic ring is 1. The molecule has 1 amide bonds. The molecule has 0 bridgehead atoms. The molecule has 5 rings (SSSR count). The number of carbonyl (C=O) groups excluding carboxylic acids is 1. The van der Waals surface area contributed by atoms with E-state index < -0.39 is 11.7 Å². The van der Waals surface area contributed by atoms with E-state index in [1.54, 1.807) is 18.3 Å². The van der Waals surface area contributed by atoms with Crippen LogP contribution in [0.1, 0.15) is 68.5 Å². The molecule has 0 saturated heterocycles. The monoisotopic (exact) mass is 518 g/mol. The molecule has 1 aromatic carbocycles. The molecule has 2 aliphatic carbocycles. The van der Waals surface area contributed by atoms with Crippen molar-refractivity contribution in [2.45, 2.75) is 69.5 Å². The van der Waals surface area contributed by atoms with Gasteiger partial charge in [-0.15, -0.1) is 0 Å². The van der Waals surface area contributed by atoms with Crippen LogP contribution >= 0.6 is 0 Å².